The number of carbonyl (C=O) groups is 1. The Balaban J connectivity index is 3.27. The van der Waals surface area contributed by atoms with Crippen LogP contribution in [-0.2, 0) is 0 Å². The summed E-state index contributed by atoms with van der Waals surface area (Å²) in [5, 5.41) is 0. The predicted octanol–water partition coefficient (Wildman–Crippen LogP) is 1.91. The Morgan fingerprint density at radius 2 is 2.21 bits per heavy atom. The van der Waals surface area contributed by atoms with Crippen LogP contribution in [0.1, 0.15) is 15.9 Å². The minimum Gasteiger partial charge on any atom is -0.497 e. The average Bonchev–Trinajstić information content (AvgIpc) is 2.20. The predicted molar refractivity (Wildman–Crippen MR) is 58.8 cm³/mol. The molecule has 1 aromatic carbocycles. The fourth-order valence-corrected chi connectivity index (χ4v) is 1.61. The molecule has 0 amide bonds. The zero-order valence-electron chi connectivity index (χ0n) is 8.13. The molecular formula is C10H12BrNO2. The first-order chi connectivity index (χ1) is 6.60. The van der Waals surface area contributed by atoms with Gasteiger partial charge < -0.3 is 10.5 Å². The lowest BCUT2D eigenvalue weighted by Gasteiger charge is -2.08. The second-order valence-corrected chi connectivity index (χ2v) is 3.76. The van der Waals surface area contributed by atoms with E-state index in [9.17, 15) is 4.79 Å². The summed E-state index contributed by atoms with van der Waals surface area (Å²) in [5.41, 5.74) is 6.81. The van der Waals surface area contributed by atoms with Crippen molar-refractivity contribution in [3.63, 3.8) is 0 Å². The van der Waals surface area contributed by atoms with Gasteiger partial charge in [0.1, 0.15) is 5.75 Å². The standard InChI is InChI=1S/C10H12BrNO2/c1-6-8(10(13)5-12)3-7(14-2)4-9(6)11/h3-4H,5,12H2,1-2H3. The second-order valence-electron chi connectivity index (χ2n) is 2.91. The van der Waals surface area contributed by atoms with Crippen molar-refractivity contribution in [1.82, 2.24) is 0 Å². The Hall–Kier alpha value is -0.870. The van der Waals surface area contributed by atoms with E-state index in [1.807, 2.05) is 13.0 Å². The lowest BCUT2D eigenvalue weighted by atomic mass is 10.0. The molecule has 0 aromatic heterocycles. The maximum atomic E-state index is 11.5. The summed E-state index contributed by atoms with van der Waals surface area (Å²) in [4.78, 5) is 11.5. The molecule has 0 aliphatic rings. The molecule has 0 spiro atoms. The van der Waals surface area contributed by atoms with Crippen LogP contribution in [-0.4, -0.2) is 19.4 Å². The fraction of sp³-hybridized carbons (Fsp3) is 0.300. The number of Topliss-reactive ketones (excluding diaryl/α,β-unsaturated/α-hetero) is 1. The van der Waals surface area contributed by atoms with E-state index in [2.05, 4.69) is 15.9 Å². The Bertz CT molecular complexity index is 363. The first kappa shape index (κ1) is 11.2. The topological polar surface area (TPSA) is 52.3 Å². The molecule has 1 aromatic rings. The van der Waals surface area contributed by atoms with E-state index in [0.717, 1.165) is 10.0 Å². The highest BCUT2D eigenvalue weighted by Crippen LogP contribution is 2.26. The SMILES string of the molecule is COc1cc(Br)c(C)c(C(=O)CN)c1. The molecule has 14 heavy (non-hydrogen) atoms. The Labute approximate surface area is 91.4 Å². The average molecular weight is 258 g/mol. The molecule has 1 rings (SSSR count). The maximum Gasteiger partial charge on any atom is 0.176 e. The normalized spacial score (nSPS) is 10.0. The van der Waals surface area contributed by atoms with Gasteiger partial charge in [0.05, 0.1) is 13.7 Å². The number of carbonyl (C=O) groups excluding carboxylic acids is 1. The smallest absolute Gasteiger partial charge is 0.176 e. The lowest BCUT2D eigenvalue weighted by molar-refractivity contribution is 0.100. The van der Waals surface area contributed by atoms with Crippen LogP contribution in [0.15, 0.2) is 16.6 Å². The molecule has 2 N–H and O–H groups in total. The van der Waals surface area contributed by atoms with Crippen molar-refractivity contribution in [3.8, 4) is 5.75 Å². The Kier molecular flexibility index (Phi) is 3.66. The fourth-order valence-electron chi connectivity index (χ4n) is 1.17. The molecule has 3 nitrogen and oxygen atoms in total. The second kappa shape index (κ2) is 4.57. The van der Waals surface area contributed by atoms with Crippen molar-refractivity contribution < 1.29 is 9.53 Å². The first-order valence-electron chi connectivity index (χ1n) is 4.17. The first-order valence-corrected chi connectivity index (χ1v) is 4.96. The quantitative estimate of drug-likeness (QED) is 0.842. The summed E-state index contributed by atoms with van der Waals surface area (Å²) in [6.45, 7) is 1.88. The summed E-state index contributed by atoms with van der Waals surface area (Å²) < 4.78 is 5.92. The molecule has 0 aliphatic heterocycles. The van der Waals surface area contributed by atoms with Crippen molar-refractivity contribution >= 4 is 21.7 Å². The van der Waals surface area contributed by atoms with Gasteiger partial charge >= 0.3 is 0 Å². The monoisotopic (exact) mass is 257 g/mol. The van der Waals surface area contributed by atoms with Crippen molar-refractivity contribution in [2.24, 2.45) is 5.73 Å². The van der Waals surface area contributed by atoms with E-state index in [-0.39, 0.29) is 12.3 Å². The lowest BCUT2D eigenvalue weighted by Crippen LogP contribution is -2.15. The number of ether oxygens (including phenoxy) is 1. The highest BCUT2D eigenvalue weighted by Gasteiger charge is 2.11. The van der Waals surface area contributed by atoms with Crippen LogP contribution in [0.4, 0.5) is 0 Å². The minimum absolute atomic E-state index is 0.0143. The number of rotatable bonds is 3. The van der Waals surface area contributed by atoms with Gasteiger partial charge in [-0.05, 0) is 24.6 Å². The zero-order valence-corrected chi connectivity index (χ0v) is 9.72. The number of ketones is 1. The van der Waals surface area contributed by atoms with Gasteiger partial charge in [0.15, 0.2) is 5.78 Å². The molecule has 0 fully saturated rings. The maximum absolute atomic E-state index is 11.5. The largest absolute Gasteiger partial charge is 0.497 e. The third-order valence-corrected chi connectivity index (χ3v) is 2.86. The van der Waals surface area contributed by atoms with Gasteiger partial charge in [-0.15, -0.1) is 0 Å². The summed E-state index contributed by atoms with van der Waals surface area (Å²) in [5.74, 6) is 0.571. The van der Waals surface area contributed by atoms with Crippen molar-refractivity contribution in [3.05, 3.63) is 27.7 Å². The van der Waals surface area contributed by atoms with Crippen LogP contribution in [0.25, 0.3) is 0 Å². The molecule has 0 bridgehead atoms. The summed E-state index contributed by atoms with van der Waals surface area (Å²) >= 11 is 3.36. The van der Waals surface area contributed by atoms with Gasteiger partial charge in [-0.3, -0.25) is 4.79 Å². The van der Waals surface area contributed by atoms with Crippen molar-refractivity contribution in [2.75, 3.05) is 13.7 Å². The molecule has 76 valence electrons. The van der Waals surface area contributed by atoms with Gasteiger partial charge in [-0.1, -0.05) is 15.9 Å². The van der Waals surface area contributed by atoms with Crippen LogP contribution in [0, 0.1) is 6.92 Å². The number of benzene rings is 1. The molecule has 0 saturated carbocycles. The van der Waals surface area contributed by atoms with Gasteiger partial charge in [0.2, 0.25) is 0 Å². The van der Waals surface area contributed by atoms with Crippen molar-refractivity contribution in [1.29, 1.82) is 0 Å². The Morgan fingerprint density at radius 3 is 2.71 bits per heavy atom. The summed E-state index contributed by atoms with van der Waals surface area (Å²) in [6, 6.07) is 3.53. The molecule has 0 atom stereocenters. The number of hydrogen-bond donors (Lipinski definition) is 1. The van der Waals surface area contributed by atoms with E-state index >= 15 is 0 Å². The number of hydrogen-bond acceptors (Lipinski definition) is 3. The third kappa shape index (κ3) is 2.13. The van der Waals surface area contributed by atoms with Crippen LogP contribution in [0.3, 0.4) is 0 Å². The van der Waals surface area contributed by atoms with Gasteiger partial charge in [0, 0.05) is 10.0 Å². The van der Waals surface area contributed by atoms with Crippen molar-refractivity contribution in [2.45, 2.75) is 6.92 Å². The molecule has 0 unspecified atom stereocenters. The Morgan fingerprint density at radius 1 is 1.57 bits per heavy atom. The van der Waals surface area contributed by atoms with Crippen LogP contribution in [0.5, 0.6) is 5.75 Å². The molecule has 0 saturated heterocycles. The van der Waals surface area contributed by atoms with Crippen LogP contribution >= 0.6 is 15.9 Å². The minimum atomic E-state index is -0.0814. The highest BCUT2D eigenvalue weighted by molar-refractivity contribution is 9.10. The van der Waals surface area contributed by atoms with Crippen LogP contribution < -0.4 is 10.5 Å². The third-order valence-electron chi connectivity index (χ3n) is 2.04. The molecular weight excluding hydrogens is 246 g/mol. The van der Waals surface area contributed by atoms with E-state index < -0.39 is 0 Å². The van der Waals surface area contributed by atoms with E-state index in [1.54, 1.807) is 13.2 Å². The zero-order chi connectivity index (χ0) is 10.7. The summed E-state index contributed by atoms with van der Waals surface area (Å²) in [6.07, 6.45) is 0. The number of halogens is 1. The number of methoxy groups -OCH3 is 1. The van der Waals surface area contributed by atoms with Gasteiger partial charge in [-0.2, -0.15) is 0 Å². The van der Waals surface area contributed by atoms with E-state index in [1.165, 1.54) is 0 Å². The van der Waals surface area contributed by atoms with E-state index in [0.29, 0.717) is 11.3 Å². The van der Waals surface area contributed by atoms with Gasteiger partial charge in [-0.25, -0.2) is 0 Å². The molecule has 0 heterocycles. The molecule has 0 aliphatic carbocycles. The van der Waals surface area contributed by atoms with Gasteiger partial charge in [0.25, 0.3) is 0 Å². The number of nitrogens with two attached hydrogens (primary N) is 1. The van der Waals surface area contributed by atoms with Crippen LogP contribution in [0.2, 0.25) is 0 Å². The van der Waals surface area contributed by atoms with E-state index in [4.69, 9.17) is 10.5 Å². The molecule has 4 heteroatoms. The molecule has 0 radical (unpaired) electrons. The summed E-state index contributed by atoms with van der Waals surface area (Å²) in [7, 11) is 1.56. The highest BCUT2D eigenvalue weighted by atomic mass is 79.9.